The molecule has 0 saturated carbocycles. The Morgan fingerprint density at radius 2 is 2.24 bits per heavy atom. The smallest absolute Gasteiger partial charge is 0.338 e. The zero-order valence-corrected chi connectivity index (χ0v) is 9.67. The topological polar surface area (TPSA) is 65.5 Å². The molecule has 0 unspecified atom stereocenters. The Labute approximate surface area is 99.1 Å². The number of esters is 2. The van der Waals surface area contributed by atoms with E-state index in [4.69, 9.17) is 4.74 Å². The zero-order chi connectivity index (χ0) is 12.7. The lowest BCUT2D eigenvalue weighted by Crippen LogP contribution is -2.04. The lowest BCUT2D eigenvalue weighted by atomic mass is 10.1. The van der Waals surface area contributed by atoms with Gasteiger partial charge in [-0.05, 0) is 19.1 Å². The summed E-state index contributed by atoms with van der Waals surface area (Å²) in [5.41, 5.74) is 0.857. The second-order valence-electron chi connectivity index (χ2n) is 3.04. The van der Waals surface area contributed by atoms with Gasteiger partial charge in [-0.3, -0.25) is 4.98 Å². The molecule has 1 rings (SSSR count). The summed E-state index contributed by atoms with van der Waals surface area (Å²) in [6, 6.07) is 1.52. The highest BCUT2D eigenvalue weighted by molar-refractivity contribution is 5.95. The number of rotatable bonds is 4. The minimum atomic E-state index is -0.476. The molecule has 0 fully saturated rings. The lowest BCUT2D eigenvalue weighted by Gasteiger charge is -2.02. The van der Waals surface area contributed by atoms with Crippen LogP contribution in [0.1, 0.15) is 22.8 Å². The number of carbonyl (C=O) groups is 2. The highest BCUT2D eigenvalue weighted by atomic mass is 16.5. The third-order valence-corrected chi connectivity index (χ3v) is 1.94. The number of hydrogen-bond acceptors (Lipinski definition) is 5. The molecule has 1 aromatic heterocycles. The third kappa shape index (κ3) is 3.71. The van der Waals surface area contributed by atoms with Crippen LogP contribution in [0.2, 0.25) is 0 Å². The van der Waals surface area contributed by atoms with Gasteiger partial charge in [0, 0.05) is 24.0 Å². The summed E-state index contributed by atoms with van der Waals surface area (Å²) < 4.78 is 9.34. The molecule has 0 radical (unpaired) electrons. The van der Waals surface area contributed by atoms with Crippen molar-refractivity contribution < 1.29 is 19.1 Å². The maximum Gasteiger partial charge on any atom is 0.338 e. The van der Waals surface area contributed by atoms with E-state index in [1.165, 1.54) is 37.7 Å². The van der Waals surface area contributed by atoms with Gasteiger partial charge in [0.1, 0.15) is 0 Å². The van der Waals surface area contributed by atoms with Gasteiger partial charge in [0.15, 0.2) is 0 Å². The normalized spacial score (nSPS) is 10.2. The van der Waals surface area contributed by atoms with Gasteiger partial charge in [0.25, 0.3) is 0 Å². The summed E-state index contributed by atoms with van der Waals surface area (Å²) in [4.78, 5) is 26.4. The SMILES string of the molecule is CCOC(=O)/C=C/c1cnccc1C(=O)OC. The van der Waals surface area contributed by atoms with Crippen molar-refractivity contribution in [3.63, 3.8) is 0 Å². The maximum absolute atomic E-state index is 11.4. The van der Waals surface area contributed by atoms with Gasteiger partial charge < -0.3 is 9.47 Å². The fourth-order valence-corrected chi connectivity index (χ4v) is 1.18. The molecule has 0 aromatic carbocycles. The third-order valence-electron chi connectivity index (χ3n) is 1.94. The molecular weight excluding hydrogens is 222 g/mol. The van der Waals surface area contributed by atoms with E-state index in [0.717, 1.165) is 0 Å². The van der Waals surface area contributed by atoms with Gasteiger partial charge in [-0.1, -0.05) is 0 Å². The van der Waals surface area contributed by atoms with E-state index in [2.05, 4.69) is 9.72 Å². The quantitative estimate of drug-likeness (QED) is 0.583. The minimum Gasteiger partial charge on any atom is -0.465 e. The molecule has 1 heterocycles. The maximum atomic E-state index is 11.4. The molecule has 0 spiro atoms. The van der Waals surface area contributed by atoms with E-state index in [0.29, 0.717) is 17.7 Å². The first-order valence-corrected chi connectivity index (χ1v) is 5.06. The van der Waals surface area contributed by atoms with Crippen LogP contribution in [0.5, 0.6) is 0 Å². The van der Waals surface area contributed by atoms with Crippen LogP contribution in [0.3, 0.4) is 0 Å². The predicted octanol–water partition coefficient (Wildman–Crippen LogP) is 1.44. The molecule has 0 aliphatic carbocycles. The van der Waals surface area contributed by atoms with Crippen molar-refractivity contribution in [3.8, 4) is 0 Å². The summed E-state index contributed by atoms with van der Waals surface area (Å²) >= 11 is 0. The molecule has 5 heteroatoms. The van der Waals surface area contributed by atoms with Crippen LogP contribution in [0.15, 0.2) is 24.5 Å². The Hall–Kier alpha value is -2.17. The van der Waals surface area contributed by atoms with E-state index >= 15 is 0 Å². The van der Waals surface area contributed by atoms with Crippen LogP contribution in [0.25, 0.3) is 6.08 Å². The molecule has 0 N–H and O–H groups in total. The standard InChI is InChI=1S/C12H13NO4/c1-3-17-11(14)5-4-9-8-13-7-6-10(9)12(15)16-2/h4-8H,3H2,1-2H3/b5-4+. The average molecular weight is 235 g/mol. The Morgan fingerprint density at radius 1 is 1.47 bits per heavy atom. The summed E-state index contributed by atoms with van der Waals surface area (Å²) in [6.07, 6.45) is 5.67. The summed E-state index contributed by atoms with van der Waals surface area (Å²) in [5.74, 6) is -0.942. The lowest BCUT2D eigenvalue weighted by molar-refractivity contribution is -0.137. The number of methoxy groups -OCH3 is 1. The fraction of sp³-hybridized carbons (Fsp3) is 0.250. The second-order valence-corrected chi connectivity index (χ2v) is 3.04. The van der Waals surface area contributed by atoms with Crippen molar-refractivity contribution in [2.24, 2.45) is 0 Å². The number of hydrogen-bond donors (Lipinski definition) is 0. The Kier molecular flexibility index (Phi) is 4.87. The molecule has 0 saturated heterocycles. The Morgan fingerprint density at radius 3 is 2.88 bits per heavy atom. The molecule has 0 aliphatic heterocycles. The van der Waals surface area contributed by atoms with Crippen LogP contribution in [-0.2, 0) is 14.3 Å². The van der Waals surface area contributed by atoms with Crippen molar-refractivity contribution in [2.75, 3.05) is 13.7 Å². The summed E-state index contributed by atoms with van der Waals surface area (Å²) in [6.45, 7) is 2.02. The van der Waals surface area contributed by atoms with Crippen molar-refractivity contribution in [3.05, 3.63) is 35.7 Å². The molecule has 0 bridgehead atoms. The van der Waals surface area contributed by atoms with Gasteiger partial charge in [-0.25, -0.2) is 9.59 Å². The van der Waals surface area contributed by atoms with E-state index in [-0.39, 0.29) is 0 Å². The number of nitrogens with zero attached hydrogens (tertiary/aromatic N) is 1. The second kappa shape index (κ2) is 6.42. The highest BCUT2D eigenvalue weighted by Crippen LogP contribution is 2.10. The van der Waals surface area contributed by atoms with Crippen LogP contribution >= 0.6 is 0 Å². The number of aromatic nitrogens is 1. The number of pyridine rings is 1. The predicted molar refractivity (Wildman–Crippen MR) is 61.2 cm³/mol. The molecule has 0 aliphatic rings. The molecule has 0 atom stereocenters. The van der Waals surface area contributed by atoms with Gasteiger partial charge in [0.05, 0.1) is 19.3 Å². The number of ether oxygens (including phenoxy) is 2. The average Bonchev–Trinajstić information content (AvgIpc) is 2.36. The Bertz CT molecular complexity index is 440. The number of carbonyl (C=O) groups excluding carboxylic acids is 2. The van der Waals surface area contributed by atoms with E-state index in [9.17, 15) is 9.59 Å². The van der Waals surface area contributed by atoms with Crippen LogP contribution in [0.4, 0.5) is 0 Å². The summed E-state index contributed by atoms with van der Waals surface area (Å²) in [7, 11) is 1.29. The molecule has 90 valence electrons. The first-order valence-electron chi connectivity index (χ1n) is 5.06. The van der Waals surface area contributed by atoms with Crippen molar-refractivity contribution in [1.82, 2.24) is 4.98 Å². The van der Waals surface area contributed by atoms with Gasteiger partial charge in [-0.15, -0.1) is 0 Å². The van der Waals surface area contributed by atoms with Gasteiger partial charge >= 0.3 is 11.9 Å². The molecular formula is C12H13NO4. The molecule has 1 aromatic rings. The largest absolute Gasteiger partial charge is 0.465 e. The Balaban J connectivity index is 2.91. The van der Waals surface area contributed by atoms with E-state index in [1.807, 2.05) is 0 Å². The van der Waals surface area contributed by atoms with Crippen molar-refractivity contribution in [2.45, 2.75) is 6.92 Å². The van der Waals surface area contributed by atoms with Crippen LogP contribution < -0.4 is 0 Å². The molecule has 5 nitrogen and oxygen atoms in total. The van der Waals surface area contributed by atoms with E-state index in [1.54, 1.807) is 6.92 Å². The highest BCUT2D eigenvalue weighted by Gasteiger charge is 2.09. The first kappa shape index (κ1) is 12.9. The van der Waals surface area contributed by atoms with E-state index < -0.39 is 11.9 Å². The van der Waals surface area contributed by atoms with Crippen molar-refractivity contribution >= 4 is 18.0 Å². The van der Waals surface area contributed by atoms with Gasteiger partial charge in [0.2, 0.25) is 0 Å². The summed E-state index contributed by atoms with van der Waals surface area (Å²) in [5, 5.41) is 0. The van der Waals surface area contributed by atoms with Gasteiger partial charge in [-0.2, -0.15) is 0 Å². The zero-order valence-electron chi connectivity index (χ0n) is 9.67. The van der Waals surface area contributed by atoms with Crippen LogP contribution in [-0.4, -0.2) is 30.6 Å². The van der Waals surface area contributed by atoms with Crippen LogP contribution in [0, 0.1) is 0 Å². The molecule has 0 amide bonds. The van der Waals surface area contributed by atoms with Crippen molar-refractivity contribution in [1.29, 1.82) is 0 Å². The fourth-order valence-electron chi connectivity index (χ4n) is 1.18. The molecule has 17 heavy (non-hydrogen) atoms. The first-order chi connectivity index (χ1) is 8.19. The monoisotopic (exact) mass is 235 g/mol. The minimum absolute atomic E-state index is 0.306.